The smallest absolute Gasteiger partial charge is 0.255 e. The summed E-state index contributed by atoms with van der Waals surface area (Å²) in [6, 6.07) is 15.8. The van der Waals surface area contributed by atoms with Crippen LogP contribution in [0.4, 0.5) is 15.8 Å². The molecule has 0 unspecified atom stereocenters. The number of carbonyl (C=O) groups excluding carboxylic acids is 2. The number of benzene rings is 2. The van der Waals surface area contributed by atoms with E-state index >= 15 is 0 Å². The van der Waals surface area contributed by atoms with Crippen molar-refractivity contribution < 1.29 is 14.0 Å². The van der Waals surface area contributed by atoms with E-state index in [1.54, 1.807) is 42.6 Å². The second-order valence-corrected chi connectivity index (χ2v) is 7.73. The summed E-state index contributed by atoms with van der Waals surface area (Å²) in [6.07, 6.45) is 3.83. The molecule has 1 aromatic heterocycles. The topological polar surface area (TPSA) is 71.1 Å². The SMILES string of the molecule is O=C(Nc1ccc(C2(C(=O)Nc3ccc(F)cc3)CCC2)nc1)c1cccc(Cl)c1. The fourth-order valence-electron chi connectivity index (χ4n) is 3.50. The van der Waals surface area contributed by atoms with E-state index in [9.17, 15) is 14.0 Å². The molecule has 0 spiro atoms. The summed E-state index contributed by atoms with van der Waals surface area (Å²) in [5, 5.41) is 6.12. The van der Waals surface area contributed by atoms with Crippen molar-refractivity contribution in [2.75, 3.05) is 10.6 Å². The molecule has 1 saturated carbocycles. The molecule has 2 aromatic carbocycles. The molecule has 1 aliphatic rings. The molecular formula is C23H19ClFN3O2. The van der Waals surface area contributed by atoms with Crippen LogP contribution in [0.15, 0.2) is 66.9 Å². The second-order valence-electron chi connectivity index (χ2n) is 7.29. The van der Waals surface area contributed by atoms with Crippen LogP contribution in [0.3, 0.4) is 0 Å². The molecule has 0 bridgehead atoms. The number of carbonyl (C=O) groups is 2. The Bertz CT molecular complexity index is 1080. The summed E-state index contributed by atoms with van der Waals surface area (Å²) in [6.45, 7) is 0. The van der Waals surface area contributed by atoms with Gasteiger partial charge in [0.05, 0.1) is 23.0 Å². The summed E-state index contributed by atoms with van der Waals surface area (Å²) in [4.78, 5) is 29.8. The van der Waals surface area contributed by atoms with Gasteiger partial charge < -0.3 is 10.6 Å². The molecule has 4 rings (SSSR count). The molecule has 0 aliphatic heterocycles. The molecule has 2 amide bonds. The fourth-order valence-corrected chi connectivity index (χ4v) is 3.69. The van der Waals surface area contributed by atoms with Gasteiger partial charge in [-0.05, 0) is 67.4 Å². The zero-order valence-electron chi connectivity index (χ0n) is 16.0. The number of halogens is 2. The van der Waals surface area contributed by atoms with Crippen molar-refractivity contribution in [1.82, 2.24) is 4.98 Å². The number of amides is 2. The van der Waals surface area contributed by atoms with E-state index in [0.29, 0.717) is 40.5 Å². The van der Waals surface area contributed by atoms with Gasteiger partial charge in [0.15, 0.2) is 0 Å². The first-order valence-electron chi connectivity index (χ1n) is 9.57. The van der Waals surface area contributed by atoms with E-state index in [4.69, 9.17) is 11.6 Å². The van der Waals surface area contributed by atoms with Gasteiger partial charge in [0.1, 0.15) is 5.82 Å². The Balaban J connectivity index is 1.48. The molecule has 5 nitrogen and oxygen atoms in total. The van der Waals surface area contributed by atoms with Crippen LogP contribution in [-0.2, 0) is 10.2 Å². The van der Waals surface area contributed by atoms with Crippen molar-refractivity contribution in [2.45, 2.75) is 24.7 Å². The first kappa shape index (κ1) is 20.0. The number of hydrogen-bond acceptors (Lipinski definition) is 3. The lowest BCUT2D eigenvalue weighted by molar-refractivity contribution is -0.124. The van der Waals surface area contributed by atoms with Gasteiger partial charge in [0.2, 0.25) is 5.91 Å². The third-order valence-corrected chi connectivity index (χ3v) is 5.58. The Morgan fingerprint density at radius 1 is 0.967 bits per heavy atom. The van der Waals surface area contributed by atoms with Gasteiger partial charge in [-0.2, -0.15) is 0 Å². The standard InChI is InChI=1S/C23H19ClFN3O2/c24-16-4-1-3-15(13-16)21(29)27-19-9-10-20(26-14-19)23(11-2-12-23)22(30)28-18-7-5-17(25)6-8-18/h1,3-10,13-14H,2,11-12H2,(H,27,29)(H,28,30). The van der Waals surface area contributed by atoms with Gasteiger partial charge in [-0.15, -0.1) is 0 Å². The Morgan fingerprint density at radius 2 is 1.70 bits per heavy atom. The summed E-state index contributed by atoms with van der Waals surface area (Å²) >= 11 is 5.93. The number of nitrogens with one attached hydrogen (secondary N) is 2. The number of aromatic nitrogens is 1. The number of rotatable bonds is 5. The molecule has 30 heavy (non-hydrogen) atoms. The van der Waals surface area contributed by atoms with Crippen LogP contribution in [-0.4, -0.2) is 16.8 Å². The fraction of sp³-hybridized carbons (Fsp3) is 0.174. The van der Waals surface area contributed by atoms with E-state index in [1.807, 2.05) is 0 Å². The van der Waals surface area contributed by atoms with Crippen molar-refractivity contribution in [3.05, 3.63) is 89.0 Å². The highest BCUT2D eigenvalue weighted by Crippen LogP contribution is 2.44. The van der Waals surface area contributed by atoms with Gasteiger partial charge >= 0.3 is 0 Å². The quantitative estimate of drug-likeness (QED) is 0.593. The van der Waals surface area contributed by atoms with Crippen LogP contribution >= 0.6 is 11.6 Å². The van der Waals surface area contributed by atoms with Crippen LogP contribution < -0.4 is 10.6 Å². The van der Waals surface area contributed by atoms with Crippen LogP contribution in [0.25, 0.3) is 0 Å². The van der Waals surface area contributed by atoms with Crippen LogP contribution in [0.5, 0.6) is 0 Å². The molecule has 0 radical (unpaired) electrons. The van der Waals surface area contributed by atoms with Crippen molar-refractivity contribution >= 4 is 34.8 Å². The first-order valence-corrected chi connectivity index (χ1v) is 9.95. The Kier molecular flexibility index (Phi) is 5.50. The predicted molar refractivity (Wildman–Crippen MR) is 114 cm³/mol. The van der Waals surface area contributed by atoms with Crippen molar-refractivity contribution in [2.24, 2.45) is 0 Å². The van der Waals surface area contributed by atoms with Crippen LogP contribution in [0.1, 0.15) is 35.3 Å². The number of pyridine rings is 1. The van der Waals surface area contributed by atoms with E-state index in [0.717, 1.165) is 6.42 Å². The molecule has 1 fully saturated rings. The summed E-state index contributed by atoms with van der Waals surface area (Å²) in [5.74, 6) is -0.813. The largest absolute Gasteiger partial charge is 0.325 e. The maximum atomic E-state index is 13.1. The minimum atomic E-state index is -0.718. The first-order chi connectivity index (χ1) is 14.5. The summed E-state index contributed by atoms with van der Waals surface area (Å²) in [7, 11) is 0. The van der Waals surface area contributed by atoms with Gasteiger partial charge in [-0.3, -0.25) is 14.6 Å². The molecule has 0 saturated heterocycles. The van der Waals surface area contributed by atoms with Crippen molar-refractivity contribution in [3.63, 3.8) is 0 Å². The Labute approximate surface area is 178 Å². The molecule has 2 N–H and O–H groups in total. The van der Waals surface area contributed by atoms with Crippen LogP contribution in [0.2, 0.25) is 5.02 Å². The number of anilines is 2. The third-order valence-electron chi connectivity index (χ3n) is 5.34. The summed E-state index contributed by atoms with van der Waals surface area (Å²) in [5.41, 5.74) is 1.44. The molecule has 0 atom stereocenters. The molecular weight excluding hydrogens is 405 g/mol. The minimum Gasteiger partial charge on any atom is -0.325 e. The lowest BCUT2D eigenvalue weighted by Gasteiger charge is -2.39. The maximum absolute atomic E-state index is 13.1. The lowest BCUT2D eigenvalue weighted by atomic mass is 9.65. The highest BCUT2D eigenvalue weighted by molar-refractivity contribution is 6.31. The maximum Gasteiger partial charge on any atom is 0.255 e. The highest BCUT2D eigenvalue weighted by Gasteiger charge is 2.46. The van der Waals surface area contributed by atoms with Crippen LogP contribution in [0, 0.1) is 5.82 Å². The van der Waals surface area contributed by atoms with E-state index in [1.165, 1.54) is 24.3 Å². The minimum absolute atomic E-state index is 0.163. The van der Waals surface area contributed by atoms with E-state index in [2.05, 4.69) is 15.6 Å². The highest BCUT2D eigenvalue weighted by atomic mass is 35.5. The van der Waals surface area contributed by atoms with Crippen molar-refractivity contribution in [3.8, 4) is 0 Å². The van der Waals surface area contributed by atoms with Gasteiger partial charge in [-0.25, -0.2) is 4.39 Å². The number of nitrogens with zero attached hydrogens (tertiary/aromatic N) is 1. The van der Waals surface area contributed by atoms with E-state index < -0.39 is 5.41 Å². The van der Waals surface area contributed by atoms with Gasteiger partial charge in [0, 0.05) is 16.3 Å². The Morgan fingerprint density at radius 3 is 2.30 bits per heavy atom. The molecule has 1 aliphatic carbocycles. The second kappa shape index (κ2) is 8.24. The normalized spacial score (nSPS) is 14.5. The zero-order chi connectivity index (χ0) is 21.1. The Hall–Kier alpha value is -3.25. The zero-order valence-corrected chi connectivity index (χ0v) is 16.7. The molecule has 7 heteroatoms. The third kappa shape index (κ3) is 4.04. The molecule has 1 heterocycles. The van der Waals surface area contributed by atoms with Gasteiger partial charge in [-0.1, -0.05) is 24.1 Å². The number of hydrogen-bond donors (Lipinski definition) is 2. The monoisotopic (exact) mass is 423 g/mol. The average molecular weight is 424 g/mol. The average Bonchev–Trinajstić information content (AvgIpc) is 2.70. The lowest BCUT2D eigenvalue weighted by Crippen LogP contribution is -2.46. The van der Waals surface area contributed by atoms with Crippen molar-refractivity contribution in [1.29, 1.82) is 0 Å². The summed E-state index contributed by atoms with van der Waals surface area (Å²) < 4.78 is 13.1. The van der Waals surface area contributed by atoms with E-state index in [-0.39, 0.29) is 17.6 Å². The predicted octanol–water partition coefficient (Wildman–Crippen LogP) is 5.19. The molecule has 3 aromatic rings. The molecule has 152 valence electrons. The van der Waals surface area contributed by atoms with Gasteiger partial charge in [0.25, 0.3) is 5.91 Å².